The van der Waals surface area contributed by atoms with E-state index in [2.05, 4.69) is 0 Å². The average Bonchev–Trinajstić information content (AvgIpc) is 2.42. The van der Waals surface area contributed by atoms with Gasteiger partial charge in [0.2, 0.25) is 0 Å². The van der Waals surface area contributed by atoms with E-state index in [1.165, 1.54) is 12.1 Å². The summed E-state index contributed by atoms with van der Waals surface area (Å²) < 4.78 is 1.50. The van der Waals surface area contributed by atoms with Gasteiger partial charge in [0.15, 0.2) is 0 Å². The Morgan fingerprint density at radius 1 is 0.810 bits per heavy atom. The summed E-state index contributed by atoms with van der Waals surface area (Å²) in [6.45, 7) is 0. The molecule has 6 nitrogen and oxygen atoms in total. The van der Waals surface area contributed by atoms with Gasteiger partial charge in [-0.1, -0.05) is 12.1 Å². The zero-order valence-corrected chi connectivity index (χ0v) is 14.8. The lowest BCUT2D eigenvalue weighted by Crippen LogP contribution is -2.01. The molecule has 0 fully saturated rings. The van der Waals surface area contributed by atoms with Crippen LogP contribution in [0.2, 0.25) is 0 Å². The molecule has 0 amide bonds. The van der Waals surface area contributed by atoms with Crippen LogP contribution in [0.3, 0.4) is 0 Å². The number of nitrogens with zero attached hydrogens (tertiary/aromatic N) is 2. The number of rotatable bonds is 4. The van der Waals surface area contributed by atoms with Crippen molar-refractivity contribution in [3.8, 4) is 0 Å². The molecule has 0 saturated heterocycles. The first kappa shape index (κ1) is 16.1. The van der Waals surface area contributed by atoms with Gasteiger partial charge in [0.1, 0.15) is 0 Å². The molecular formula is C13H8I2N2O4. The first-order valence-electron chi connectivity index (χ1n) is 5.74. The standard InChI is InChI=1S/C13H8I2N2O4/c14-10-3-1-8(12(6-10)16(18)19)5-9-2-4-11(15)7-13(9)17(20)21/h1-4,6-7H,5H2. The van der Waals surface area contributed by atoms with E-state index >= 15 is 0 Å². The van der Waals surface area contributed by atoms with E-state index < -0.39 is 9.85 Å². The highest BCUT2D eigenvalue weighted by Gasteiger charge is 2.19. The van der Waals surface area contributed by atoms with Crippen LogP contribution in [0, 0.1) is 27.4 Å². The Morgan fingerprint density at radius 2 is 1.19 bits per heavy atom. The third kappa shape index (κ3) is 3.87. The van der Waals surface area contributed by atoms with Crippen molar-refractivity contribution < 1.29 is 9.85 Å². The van der Waals surface area contributed by atoms with Crippen LogP contribution in [-0.2, 0) is 6.42 Å². The number of nitro groups is 2. The Morgan fingerprint density at radius 3 is 1.52 bits per heavy atom. The molecule has 0 aliphatic heterocycles. The highest BCUT2D eigenvalue weighted by Crippen LogP contribution is 2.28. The monoisotopic (exact) mass is 510 g/mol. The Kier molecular flexibility index (Phi) is 5.08. The van der Waals surface area contributed by atoms with Gasteiger partial charge in [-0.2, -0.15) is 0 Å². The second kappa shape index (κ2) is 6.64. The average molecular weight is 510 g/mol. The molecule has 2 aromatic rings. The lowest BCUT2D eigenvalue weighted by Gasteiger charge is -2.05. The summed E-state index contributed by atoms with van der Waals surface area (Å²) in [6, 6.07) is 9.72. The SMILES string of the molecule is O=[N+]([O-])c1cc(I)ccc1Cc1ccc(I)cc1[N+](=O)[O-]. The molecule has 8 heteroatoms. The molecule has 0 aromatic heterocycles. The Balaban J connectivity index is 2.48. The molecule has 0 atom stereocenters. The van der Waals surface area contributed by atoms with Crippen LogP contribution in [-0.4, -0.2) is 9.85 Å². The molecule has 0 aliphatic rings. The van der Waals surface area contributed by atoms with Gasteiger partial charge in [0.05, 0.1) is 9.85 Å². The van der Waals surface area contributed by atoms with Crippen LogP contribution in [0.25, 0.3) is 0 Å². The van der Waals surface area contributed by atoms with Crippen molar-refractivity contribution in [1.82, 2.24) is 0 Å². The summed E-state index contributed by atoms with van der Waals surface area (Å²) in [6.07, 6.45) is 0.153. The molecule has 0 saturated carbocycles. The van der Waals surface area contributed by atoms with E-state index in [1.54, 1.807) is 24.3 Å². The fourth-order valence-electron chi connectivity index (χ4n) is 1.92. The first-order valence-corrected chi connectivity index (χ1v) is 7.90. The highest BCUT2D eigenvalue weighted by atomic mass is 127. The minimum Gasteiger partial charge on any atom is -0.258 e. The second-order valence-corrected chi connectivity index (χ2v) is 6.73. The fourth-order valence-corrected chi connectivity index (χ4v) is 2.87. The number of hydrogen-bond acceptors (Lipinski definition) is 4. The molecule has 0 aliphatic carbocycles. The third-order valence-corrected chi connectivity index (χ3v) is 4.21. The van der Waals surface area contributed by atoms with Crippen molar-refractivity contribution in [2.45, 2.75) is 6.42 Å². The van der Waals surface area contributed by atoms with E-state index in [0.29, 0.717) is 11.1 Å². The van der Waals surface area contributed by atoms with E-state index in [4.69, 9.17) is 0 Å². The number of benzene rings is 2. The lowest BCUT2D eigenvalue weighted by atomic mass is 10.0. The Labute approximate surface area is 147 Å². The van der Waals surface area contributed by atoms with Crippen molar-refractivity contribution in [3.05, 3.63) is 74.9 Å². The van der Waals surface area contributed by atoms with Crippen LogP contribution in [0.4, 0.5) is 11.4 Å². The summed E-state index contributed by atoms with van der Waals surface area (Å²) in [5, 5.41) is 22.2. The summed E-state index contributed by atoms with van der Waals surface area (Å²) in [5.41, 5.74) is 0.888. The molecule has 2 aromatic carbocycles. The largest absolute Gasteiger partial charge is 0.273 e. The van der Waals surface area contributed by atoms with Crippen LogP contribution in [0.1, 0.15) is 11.1 Å². The minimum absolute atomic E-state index is 0.0188. The van der Waals surface area contributed by atoms with E-state index in [0.717, 1.165) is 7.14 Å². The normalized spacial score (nSPS) is 10.4. The first-order chi connectivity index (χ1) is 9.88. The molecule has 0 bridgehead atoms. The maximum atomic E-state index is 11.1. The molecule has 108 valence electrons. The molecule has 0 unspecified atom stereocenters. The van der Waals surface area contributed by atoms with Crippen LogP contribution in [0.5, 0.6) is 0 Å². The number of nitro benzene ring substituents is 2. The van der Waals surface area contributed by atoms with Gasteiger partial charge in [-0.15, -0.1) is 0 Å². The Bertz CT molecular complexity index is 673. The molecule has 0 N–H and O–H groups in total. The van der Waals surface area contributed by atoms with Gasteiger partial charge in [0, 0.05) is 36.8 Å². The summed E-state index contributed by atoms with van der Waals surface area (Å²) >= 11 is 3.99. The van der Waals surface area contributed by atoms with Gasteiger partial charge < -0.3 is 0 Å². The van der Waals surface area contributed by atoms with Crippen molar-refractivity contribution in [3.63, 3.8) is 0 Å². The summed E-state index contributed by atoms with van der Waals surface area (Å²) in [7, 11) is 0. The van der Waals surface area contributed by atoms with Crippen molar-refractivity contribution >= 4 is 56.6 Å². The minimum atomic E-state index is -0.462. The smallest absolute Gasteiger partial charge is 0.258 e. The van der Waals surface area contributed by atoms with E-state index in [-0.39, 0.29) is 17.8 Å². The van der Waals surface area contributed by atoms with Crippen LogP contribution in [0.15, 0.2) is 36.4 Å². The highest BCUT2D eigenvalue weighted by molar-refractivity contribution is 14.1. The number of hydrogen-bond donors (Lipinski definition) is 0. The quantitative estimate of drug-likeness (QED) is 0.349. The van der Waals surface area contributed by atoms with Gasteiger partial charge >= 0.3 is 0 Å². The summed E-state index contributed by atoms with van der Waals surface area (Å²) in [5.74, 6) is 0. The van der Waals surface area contributed by atoms with Crippen molar-refractivity contribution in [1.29, 1.82) is 0 Å². The fraction of sp³-hybridized carbons (Fsp3) is 0.0769. The van der Waals surface area contributed by atoms with E-state index in [9.17, 15) is 20.2 Å². The van der Waals surface area contributed by atoms with Gasteiger partial charge in [-0.05, 0) is 57.3 Å². The zero-order valence-electron chi connectivity index (χ0n) is 10.5. The lowest BCUT2D eigenvalue weighted by molar-refractivity contribution is -0.386. The van der Waals surface area contributed by atoms with E-state index in [1.807, 2.05) is 45.2 Å². The predicted molar refractivity (Wildman–Crippen MR) is 94.4 cm³/mol. The molecular weight excluding hydrogens is 502 g/mol. The van der Waals surface area contributed by atoms with Gasteiger partial charge in [-0.3, -0.25) is 20.2 Å². The van der Waals surface area contributed by atoms with Gasteiger partial charge in [-0.25, -0.2) is 0 Å². The molecule has 0 spiro atoms. The molecule has 0 radical (unpaired) electrons. The summed E-state index contributed by atoms with van der Waals surface area (Å²) in [4.78, 5) is 21.3. The Hall–Kier alpha value is -1.30. The molecule has 21 heavy (non-hydrogen) atoms. The predicted octanol–water partition coefficient (Wildman–Crippen LogP) is 4.30. The zero-order chi connectivity index (χ0) is 15.6. The topological polar surface area (TPSA) is 86.3 Å². The van der Waals surface area contributed by atoms with Crippen molar-refractivity contribution in [2.75, 3.05) is 0 Å². The molecule has 2 rings (SSSR count). The van der Waals surface area contributed by atoms with Crippen molar-refractivity contribution in [2.24, 2.45) is 0 Å². The number of halogens is 2. The van der Waals surface area contributed by atoms with Crippen LogP contribution < -0.4 is 0 Å². The third-order valence-electron chi connectivity index (χ3n) is 2.87. The van der Waals surface area contributed by atoms with Crippen LogP contribution >= 0.6 is 45.2 Å². The maximum absolute atomic E-state index is 11.1. The maximum Gasteiger partial charge on any atom is 0.273 e. The second-order valence-electron chi connectivity index (χ2n) is 4.24. The molecule has 0 heterocycles. The van der Waals surface area contributed by atoms with Gasteiger partial charge in [0.25, 0.3) is 11.4 Å².